The Kier molecular flexibility index (Phi) is 8.16. The van der Waals surface area contributed by atoms with Crippen LogP contribution in [0.4, 0.5) is 5.69 Å². The van der Waals surface area contributed by atoms with E-state index >= 15 is 0 Å². The van der Waals surface area contributed by atoms with Gasteiger partial charge in [0.2, 0.25) is 0 Å². The van der Waals surface area contributed by atoms with Crippen molar-refractivity contribution in [1.29, 1.82) is 0 Å². The zero-order chi connectivity index (χ0) is 27.6. The van der Waals surface area contributed by atoms with Crippen LogP contribution in [0.25, 0.3) is 0 Å². The Hall–Kier alpha value is -3.08. The fourth-order valence-corrected chi connectivity index (χ4v) is 6.57. The van der Waals surface area contributed by atoms with Crippen LogP contribution >= 0.6 is 46.9 Å². The second-order valence-electron chi connectivity index (χ2n) is 8.60. The van der Waals surface area contributed by atoms with E-state index in [0.717, 1.165) is 11.1 Å². The molecule has 0 spiro atoms. The molecule has 2 aliphatic rings. The Bertz CT molecular complexity index is 1560. The predicted molar refractivity (Wildman–Crippen MR) is 159 cm³/mol. The minimum atomic E-state index is -4.06. The summed E-state index contributed by atoms with van der Waals surface area (Å²) in [6.45, 7) is 0.234. The molecule has 200 valence electrons. The molecule has 2 aliphatic heterocycles. The van der Waals surface area contributed by atoms with Gasteiger partial charge in [-0.1, -0.05) is 59.1 Å². The number of rotatable bonds is 8. The van der Waals surface area contributed by atoms with Crippen molar-refractivity contribution in [3.05, 3.63) is 134 Å². The molecule has 0 bridgehead atoms. The third kappa shape index (κ3) is 6.23. The number of nitrogens with one attached hydrogen (secondary N) is 3. The highest BCUT2D eigenvalue weighted by atomic mass is 35.5. The summed E-state index contributed by atoms with van der Waals surface area (Å²) in [5, 5.41) is 4.43. The summed E-state index contributed by atoms with van der Waals surface area (Å²) in [5.41, 5.74) is 2.55. The molecule has 0 saturated carbocycles. The van der Waals surface area contributed by atoms with E-state index in [1.807, 2.05) is 24.3 Å². The Morgan fingerprint density at radius 2 is 1.54 bits per heavy atom. The summed E-state index contributed by atoms with van der Waals surface area (Å²) in [6, 6.07) is 19.2. The summed E-state index contributed by atoms with van der Waals surface area (Å²) in [6.07, 6.45) is 6.46. The van der Waals surface area contributed by atoms with Gasteiger partial charge in [-0.15, -0.1) is 0 Å². The number of amides is 1. The number of benzene rings is 3. The highest BCUT2D eigenvalue weighted by Gasteiger charge is 2.30. The third-order valence-electron chi connectivity index (χ3n) is 6.08. The van der Waals surface area contributed by atoms with Crippen LogP contribution in [-0.2, 0) is 10.0 Å². The lowest BCUT2D eigenvalue weighted by atomic mass is 9.91. The van der Waals surface area contributed by atoms with E-state index in [9.17, 15) is 13.2 Å². The maximum atomic E-state index is 13.4. The van der Waals surface area contributed by atoms with Gasteiger partial charge in [0.05, 0.1) is 29.1 Å². The Labute approximate surface area is 245 Å². The van der Waals surface area contributed by atoms with Gasteiger partial charge in [0.15, 0.2) is 0 Å². The van der Waals surface area contributed by atoms with Gasteiger partial charge < -0.3 is 10.0 Å². The van der Waals surface area contributed by atoms with Crippen LogP contribution in [0.2, 0.25) is 15.1 Å². The molecule has 3 aromatic rings. The lowest BCUT2D eigenvalue weighted by Gasteiger charge is -2.22. The van der Waals surface area contributed by atoms with Crippen molar-refractivity contribution in [2.75, 3.05) is 11.3 Å². The van der Waals surface area contributed by atoms with Crippen LogP contribution in [0.15, 0.2) is 102 Å². The van der Waals surface area contributed by atoms with Crippen molar-refractivity contribution in [1.82, 2.24) is 14.3 Å². The van der Waals surface area contributed by atoms with Gasteiger partial charge in [-0.2, -0.15) is 0 Å². The molecule has 1 amide bonds. The molecule has 0 radical (unpaired) electrons. The molecule has 0 unspecified atom stereocenters. The van der Waals surface area contributed by atoms with Crippen LogP contribution < -0.4 is 14.8 Å². The van der Waals surface area contributed by atoms with Crippen LogP contribution in [0.3, 0.4) is 0 Å². The molecule has 0 saturated heterocycles. The van der Waals surface area contributed by atoms with Crippen molar-refractivity contribution in [2.24, 2.45) is 0 Å². The molecule has 2 heterocycles. The summed E-state index contributed by atoms with van der Waals surface area (Å²) < 4.78 is 33.9. The molecule has 0 aromatic heterocycles. The molecule has 0 aliphatic carbocycles. The van der Waals surface area contributed by atoms with E-state index in [-0.39, 0.29) is 33.6 Å². The normalized spacial score (nSPS) is 14.4. The number of anilines is 1. The highest BCUT2D eigenvalue weighted by Crippen LogP contribution is 2.35. The summed E-state index contributed by atoms with van der Waals surface area (Å²) in [5.74, 6) is -0.672. The smallest absolute Gasteiger partial charge is 0.264 e. The standard InChI is InChI=1S/C27H21Cl3N4O3S2/c28-19-7-3-17(4-8-19)23(18-5-9-20(29)10-6-18)15-31-27(35)22-12-11-21(30)14-24(22)33-39(36,37)26-2-1-13-34-25(26)16-32-38-34/h1-14,16,23,32-33H,15H2,(H,31,35). The second-order valence-corrected chi connectivity index (χ2v) is 12.4. The van der Waals surface area contributed by atoms with Crippen molar-refractivity contribution < 1.29 is 13.2 Å². The number of hydrogen-bond acceptors (Lipinski definition) is 6. The number of carbonyl (C=O) groups excluding carboxylic acids is 1. The van der Waals surface area contributed by atoms with Gasteiger partial charge in [-0.3, -0.25) is 13.8 Å². The number of fused-ring (bicyclic) bond motifs is 1. The average Bonchev–Trinajstić information content (AvgIpc) is 3.39. The lowest BCUT2D eigenvalue weighted by Crippen LogP contribution is -2.30. The van der Waals surface area contributed by atoms with Crippen LogP contribution in [0.1, 0.15) is 27.4 Å². The quantitative estimate of drug-likeness (QED) is 0.244. The number of sulfonamides is 1. The summed E-state index contributed by atoms with van der Waals surface area (Å²) in [4.78, 5) is 13.5. The molecule has 12 heteroatoms. The van der Waals surface area contributed by atoms with E-state index < -0.39 is 15.9 Å². The minimum absolute atomic E-state index is 0.0550. The summed E-state index contributed by atoms with van der Waals surface area (Å²) >= 11 is 19.6. The zero-order valence-electron chi connectivity index (χ0n) is 20.1. The number of halogens is 3. The van der Waals surface area contributed by atoms with E-state index in [4.69, 9.17) is 34.8 Å². The molecular weight excluding hydrogens is 599 g/mol. The van der Waals surface area contributed by atoms with Gasteiger partial charge in [0.1, 0.15) is 4.91 Å². The Morgan fingerprint density at radius 3 is 2.18 bits per heavy atom. The van der Waals surface area contributed by atoms with Crippen molar-refractivity contribution in [2.45, 2.75) is 5.92 Å². The van der Waals surface area contributed by atoms with Gasteiger partial charge in [-0.05, 0) is 65.7 Å². The number of nitrogens with zero attached hydrogens (tertiary/aromatic N) is 1. The first-order valence-electron chi connectivity index (χ1n) is 11.6. The molecule has 3 N–H and O–H groups in total. The van der Waals surface area contributed by atoms with Crippen LogP contribution in [0.5, 0.6) is 0 Å². The zero-order valence-corrected chi connectivity index (χ0v) is 24.0. The van der Waals surface area contributed by atoms with Crippen molar-refractivity contribution in [3.63, 3.8) is 0 Å². The van der Waals surface area contributed by atoms with Gasteiger partial charge in [0.25, 0.3) is 15.9 Å². The maximum Gasteiger partial charge on any atom is 0.264 e. The van der Waals surface area contributed by atoms with E-state index in [2.05, 4.69) is 14.8 Å². The predicted octanol–water partition coefficient (Wildman–Crippen LogP) is 6.67. The summed E-state index contributed by atoms with van der Waals surface area (Å²) in [7, 11) is -4.06. The fourth-order valence-electron chi connectivity index (χ4n) is 4.17. The monoisotopic (exact) mass is 618 g/mol. The lowest BCUT2D eigenvalue weighted by molar-refractivity contribution is 0.0953. The third-order valence-corrected chi connectivity index (χ3v) is 8.97. The van der Waals surface area contributed by atoms with Gasteiger partial charge in [-0.25, -0.2) is 8.42 Å². The van der Waals surface area contributed by atoms with E-state index in [1.54, 1.807) is 47.0 Å². The number of allylic oxidation sites excluding steroid dienone is 2. The average molecular weight is 620 g/mol. The van der Waals surface area contributed by atoms with Crippen LogP contribution in [0, 0.1) is 0 Å². The van der Waals surface area contributed by atoms with E-state index in [0.29, 0.717) is 15.7 Å². The molecular formula is C27H21Cl3N4O3S2. The van der Waals surface area contributed by atoms with Crippen molar-refractivity contribution >= 4 is 68.6 Å². The van der Waals surface area contributed by atoms with Gasteiger partial charge >= 0.3 is 0 Å². The Balaban J connectivity index is 1.40. The molecule has 0 fully saturated rings. The largest absolute Gasteiger partial charge is 0.351 e. The molecule has 3 aromatic carbocycles. The first-order valence-corrected chi connectivity index (χ1v) is 15.0. The second kappa shape index (κ2) is 11.6. The number of carbonyl (C=O) groups is 1. The van der Waals surface area contributed by atoms with E-state index in [1.165, 1.54) is 36.4 Å². The van der Waals surface area contributed by atoms with Crippen LogP contribution in [-0.4, -0.2) is 25.2 Å². The first-order chi connectivity index (χ1) is 18.7. The highest BCUT2D eigenvalue weighted by molar-refractivity contribution is 7.97. The minimum Gasteiger partial charge on any atom is -0.351 e. The van der Waals surface area contributed by atoms with Crippen molar-refractivity contribution in [3.8, 4) is 0 Å². The maximum absolute atomic E-state index is 13.4. The Morgan fingerprint density at radius 1 is 0.923 bits per heavy atom. The topological polar surface area (TPSA) is 90.5 Å². The first kappa shape index (κ1) is 27.5. The SMILES string of the molecule is O=C(NCC(c1ccc(Cl)cc1)c1ccc(Cl)cc1)c1ccc(Cl)cc1NS(=O)(=O)C1=CC=CN2SNC=C12. The fraction of sp³-hybridized carbons (Fsp3) is 0.0741. The molecule has 5 rings (SSSR count). The van der Waals surface area contributed by atoms with Gasteiger partial charge in [0, 0.05) is 39.9 Å². The number of hydrogen-bond donors (Lipinski definition) is 3. The molecule has 7 nitrogen and oxygen atoms in total. The molecule has 0 atom stereocenters. The molecule has 39 heavy (non-hydrogen) atoms.